The van der Waals surface area contributed by atoms with Gasteiger partial charge in [-0.2, -0.15) is 0 Å². The maximum atomic E-state index is 13.0. The number of hydrogen-bond donors (Lipinski definition) is 4. The van der Waals surface area contributed by atoms with Gasteiger partial charge in [-0.25, -0.2) is 15.1 Å². The number of imidazole rings is 1. The van der Waals surface area contributed by atoms with E-state index >= 15 is 0 Å². The molecule has 1 aliphatic rings. The number of carbonyl (C=O) groups is 2. The second-order valence-electron chi connectivity index (χ2n) is 11.6. The molecular weight excluding hydrogens is 584 g/mol. The molecule has 11 heteroatoms. The fourth-order valence-electron chi connectivity index (χ4n) is 6.19. The second kappa shape index (κ2) is 14.3. The van der Waals surface area contributed by atoms with Gasteiger partial charge < -0.3 is 19.6 Å². The van der Waals surface area contributed by atoms with Crippen molar-refractivity contribution in [2.45, 2.75) is 31.8 Å². The zero-order chi connectivity index (χ0) is 31.9. The smallest absolute Gasteiger partial charge is 0.409 e. The molecule has 1 saturated heterocycles. The summed E-state index contributed by atoms with van der Waals surface area (Å²) in [5.41, 5.74) is 7.45. The number of likely N-dealkylation sites (tertiary alicyclic amines) is 1. The highest BCUT2D eigenvalue weighted by atomic mass is 16.6. The van der Waals surface area contributed by atoms with Crippen LogP contribution in [0.3, 0.4) is 0 Å². The molecule has 46 heavy (non-hydrogen) atoms. The average Bonchev–Trinajstić information content (AvgIpc) is 3.66. The first-order valence-corrected chi connectivity index (χ1v) is 15.6. The van der Waals surface area contributed by atoms with Crippen molar-refractivity contribution in [1.82, 2.24) is 29.8 Å². The van der Waals surface area contributed by atoms with E-state index in [9.17, 15) is 14.4 Å². The first-order chi connectivity index (χ1) is 22.5. The van der Waals surface area contributed by atoms with Crippen LogP contribution in [-0.2, 0) is 22.5 Å². The largest absolute Gasteiger partial charge is 0.448 e. The molecule has 0 spiro atoms. The topological polar surface area (TPSA) is 136 Å². The molecule has 4 N–H and O–H groups in total. The fraction of sp³-hybridized carbons (Fsp3) is 0.286. The number of hydroxylamine groups is 1. The SMILES string of the molecule is O=C(/C=C/c1ccc(CN(CCOC(=O)N2CCC(n3c(=O)[nH]c4ccccc43)CC2)CCc2c[nH]c3ccccc23)cc1)NO. The molecule has 0 atom stereocenters. The lowest BCUT2D eigenvalue weighted by atomic mass is 10.0. The number of para-hydroxylation sites is 3. The minimum absolute atomic E-state index is 0.0291. The lowest BCUT2D eigenvalue weighted by Gasteiger charge is -2.32. The molecule has 0 saturated carbocycles. The number of nitrogens with one attached hydrogen (secondary N) is 3. The molecule has 0 unspecified atom stereocenters. The molecule has 1 fully saturated rings. The number of rotatable bonds is 11. The molecule has 0 bridgehead atoms. The van der Waals surface area contributed by atoms with Crippen LogP contribution in [0.1, 0.15) is 35.6 Å². The van der Waals surface area contributed by atoms with E-state index in [0.29, 0.717) is 39.0 Å². The van der Waals surface area contributed by atoms with Crippen molar-refractivity contribution in [2.75, 3.05) is 32.8 Å². The Morgan fingerprint density at radius 2 is 1.72 bits per heavy atom. The van der Waals surface area contributed by atoms with Crippen molar-refractivity contribution in [1.29, 1.82) is 0 Å². The standard InChI is InChI=1S/C35H38N6O5/c42-33(38-45)14-13-25-9-11-26(12-10-25)24-39(18-15-27-23-36-30-6-2-1-5-29(27)30)21-22-46-35(44)40-19-16-28(17-20-40)41-32-8-4-3-7-31(32)37-34(41)43/h1-14,23,28,36,45H,15-22,24H2,(H,37,43)(H,38,42)/b14-13+. The number of hydrogen-bond acceptors (Lipinski definition) is 6. The summed E-state index contributed by atoms with van der Waals surface area (Å²) < 4.78 is 7.58. The molecule has 3 aromatic carbocycles. The van der Waals surface area contributed by atoms with Gasteiger partial charge in [0.15, 0.2) is 0 Å². The van der Waals surface area contributed by atoms with Crippen LogP contribution < -0.4 is 11.2 Å². The average molecular weight is 623 g/mol. The molecule has 2 aromatic heterocycles. The third-order valence-corrected chi connectivity index (χ3v) is 8.64. The normalized spacial score (nSPS) is 14.1. The predicted molar refractivity (Wildman–Crippen MR) is 176 cm³/mol. The van der Waals surface area contributed by atoms with Crippen molar-refractivity contribution in [3.8, 4) is 0 Å². The third kappa shape index (κ3) is 7.22. The van der Waals surface area contributed by atoms with E-state index in [1.807, 2.05) is 65.2 Å². The van der Waals surface area contributed by atoms with Gasteiger partial charge in [0.1, 0.15) is 6.61 Å². The molecule has 2 amide bonds. The minimum Gasteiger partial charge on any atom is -0.448 e. The number of piperidine rings is 1. The van der Waals surface area contributed by atoms with E-state index in [4.69, 9.17) is 9.94 Å². The van der Waals surface area contributed by atoms with Gasteiger partial charge in [-0.3, -0.25) is 19.5 Å². The summed E-state index contributed by atoms with van der Waals surface area (Å²) in [6.07, 6.45) is 6.82. The first kappa shape index (κ1) is 30.9. The van der Waals surface area contributed by atoms with Crippen LogP contribution in [0.4, 0.5) is 4.79 Å². The van der Waals surface area contributed by atoms with Crippen molar-refractivity contribution < 1.29 is 19.5 Å². The number of aromatic nitrogens is 3. The molecular formula is C35H38N6O5. The lowest BCUT2D eigenvalue weighted by molar-refractivity contribution is -0.124. The Bertz CT molecular complexity index is 1880. The van der Waals surface area contributed by atoms with E-state index < -0.39 is 5.91 Å². The van der Waals surface area contributed by atoms with Crippen molar-refractivity contribution in [3.63, 3.8) is 0 Å². The Hall–Kier alpha value is -5.13. The van der Waals surface area contributed by atoms with E-state index in [-0.39, 0.29) is 24.4 Å². The van der Waals surface area contributed by atoms with Crippen LogP contribution in [-0.4, -0.2) is 74.3 Å². The van der Waals surface area contributed by atoms with E-state index in [2.05, 4.69) is 33.2 Å². The molecule has 1 aliphatic heterocycles. The maximum absolute atomic E-state index is 13.0. The molecule has 5 aromatic rings. The highest BCUT2D eigenvalue weighted by Crippen LogP contribution is 2.25. The van der Waals surface area contributed by atoms with E-state index in [1.165, 1.54) is 17.0 Å². The highest BCUT2D eigenvalue weighted by molar-refractivity contribution is 5.90. The second-order valence-corrected chi connectivity index (χ2v) is 11.6. The maximum Gasteiger partial charge on any atom is 0.409 e. The number of carbonyl (C=O) groups excluding carboxylic acids is 2. The molecule has 3 heterocycles. The first-order valence-electron chi connectivity index (χ1n) is 15.6. The lowest BCUT2D eigenvalue weighted by Crippen LogP contribution is -2.41. The van der Waals surface area contributed by atoms with Gasteiger partial charge in [-0.1, -0.05) is 54.6 Å². The Morgan fingerprint density at radius 3 is 2.50 bits per heavy atom. The Labute approximate surface area is 266 Å². The Kier molecular flexibility index (Phi) is 9.61. The van der Waals surface area contributed by atoms with Crippen LogP contribution in [0.25, 0.3) is 28.0 Å². The summed E-state index contributed by atoms with van der Waals surface area (Å²) in [5.74, 6) is -0.587. The molecule has 11 nitrogen and oxygen atoms in total. The quantitative estimate of drug-likeness (QED) is 0.0945. The number of ether oxygens (including phenoxy) is 1. The molecule has 238 valence electrons. The van der Waals surface area contributed by atoms with Crippen molar-refractivity contribution >= 4 is 40.0 Å². The Balaban J connectivity index is 1.05. The summed E-state index contributed by atoms with van der Waals surface area (Å²) in [6, 6.07) is 23.8. The van der Waals surface area contributed by atoms with Gasteiger partial charge in [-0.05, 0) is 60.2 Å². The number of H-pyrrole nitrogens is 2. The number of nitrogens with zero attached hydrogens (tertiary/aromatic N) is 3. The van der Waals surface area contributed by atoms with Gasteiger partial charge in [-0.15, -0.1) is 0 Å². The molecule has 0 radical (unpaired) electrons. The zero-order valence-corrected chi connectivity index (χ0v) is 25.5. The summed E-state index contributed by atoms with van der Waals surface area (Å²) in [6.45, 7) is 3.30. The van der Waals surface area contributed by atoms with E-state index in [0.717, 1.165) is 40.6 Å². The summed E-state index contributed by atoms with van der Waals surface area (Å²) >= 11 is 0. The van der Waals surface area contributed by atoms with Crippen molar-refractivity contribution in [2.24, 2.45) is 0 Å². The number of fused-ring (bicyclic) bond motifs is 2. The van der Waals surface area contributed by atoms with Crippen LogP contribution in [0.5, 0.6) is 0 Å². The number of aromatic amines is 2. The summed E-state index contributed by atoms with van der Waals surface area (Å²) in [5, 5.41) is 9.90. The van der Waals surface area contributed by atoms with Crippen molar-refractivity contribution in [3.05, 3.63) is 112 Å². The number of amides is 2. The van der Waals surface area contributed by atoms with Gasteiger partial charge in [0.05, 0.1) is 11.0 Å². The van der Waals surface area contributed by atoms with Crippen LogP contribution >= 0.6 is 0 Å². The third-order valence-electron chi connectivity index (χ3n) is 8.64. The summed E-state index contributed by atoms with van der Waals surface area (Å²) in [4.78, 5) is 47.2. The van der Waals surface area contributed by atoms with E-state index in [1.54, 1.807) is 16.5 Å². The van der Waals surface area contributed by atoms with Crippen LogP contribution in [0.15, 0.2) is 89.9 Å². The monoisotopic (exact) mass is 622 g/mol. The van der Waals surface area contributed by atoms with Gasteiger partial charge in [0, 0.05) is 61.9 Å². The Morgan fingerprint density at radius 1 is 0.978 bits per heavy atom. The zero-order valence-electron chi connectivity index (χ0n) is 25.5. The number of benzene rings is 3. The van der Waals surface area contributed by atoms with Crippen LogP contribution in [0, 0.1) is 0 Å². The van der Waals surface area contributed by atoms with Gasteiger partial charge in [0.25, 0.3) is 5.91 Å². The minimum atomic E-state index is -0.587. The molecule has 6 rings (SSSR count). The van der Waals surface area contributed by atoms with Gasteiger partial charge >= 0.3 is 11.8 Å². The summed E-state index contributed by atoms with van der Waals surface area (Å²) in [7, 11) is 0. The highest BCUT2D eigenvalue weighted by Gasteiger charge is 2.27. The molecule has 0 aliphatic carbocycles. The predicted octanol–water partition coefficient (Wildman–Crippen LogP) is 4.85. The fourth-order valence-corrected chi connectivity index (χ4v) is 6.19. The van der Waals surface area contributed by atoms with Crippen LogP contribution in [0.2, 0.25) is 0 Å². The van der Waals surface area contributed by atoms with Gasteiger partial charge in [0.2, 0.25) is 0 Å².